The summed E-state index contributed by atoms with van der Waals surface area (Å²) in [5.74, 6) is 0.388. The van der Waals surface area contributed by atoms with Gasteiger partial charge in [-0.25, -0.2) is 13.4 Å². The lowest BCUT2D eigenvalue weighted by atomic mass is 10.0. The van der Waals surface area contributed by atoms with Crippen LogP contribution in [-0.4, -0.2) is 65.6 Å². The maximum absolute atomic E-state index is 13.0. The molecule has 1 aliphatic rings. The summed E-state index contributed by atoms with van der Waals surface area (Å²) in [5.41, 5.74) is 2.09. The van der Waals surface area contributed by atoms with Crippen LogP contribution in [0.1, 0.15) is 43.0 Å². The van der Waals surface area contributed by atoms with E-state index < -0.39 is 10.0 Å². The van der Waals surface area contributed by atoms with Crippen molar-refractivity contribution in [2.75, 3.05) is 26.2 Å². The minimum absolute atomic E-state index is 0.0604. The van der Waals surface area contributed by atoms with Crippen molar-refractivity contribution < 1.29 is 18.0 Å². The van der Waals surface area contributed by atoms with Crippen molar-refractivity contribution in [2.45, 2.75) is 31.7 Å². The summed E-state index contributed by atoms with van der Waals surface area (Å²) in [6.45, 7) is 6.71. The van der Waals surface area contributed by atoms with Gasteiger partial charge < -0.3 is 15.2 Å². The van der Waals surface area contributed by atoms with Crippen molar-refractivity contribution in [3.8, 4) is 0 Å². The largest absolute Gasteiger partial charge is 0.342 e. The molecular weight excluding hydrogens is 454 g/mol. The first-order valence-electron chi connectivity index (χ1n) is 11.3. The molecule has 3 aromatic rings. The lowest BCUT2D eigenvalue weighted by Crippen LogP contribution is -2.49. The van der Waals surface area contributed by atoms with Gasteiger partial charge in [0.05, 0.1) is 22.0 Å². The van der Waals surface area contributed by atoms with Crippen molar-refractivity contribution >= 4 is 32.9 Å². The zero-order valence-electron chi connectivity index (χ0n) is 19.5. The zero-order valence-corrected chi connectivity index (χ0v) is 20.3. The van der Waals surface area contributed by atoms with Gasteiger partial charge in [-0.15, -0.1) is 0 Å². The van der Waals surface area contributed by atoms with E-state index >= 15 is 0 Å². The Labute approximate surface area is 199 Å². The third kappa shape index (κ3) is 4.83. The van der Waals surface area contributed by atoms with E-state index in [-0.39, 0.29) is 41.8 Å². The van der Waals surface area contributed by atoms with Gasteiger partial charge in [0.15, 0.2) is 0 Å². The number of aromatic amines is 1. The zero-order chi connectivity index (χ0) is 24.5. The Morgan fingerprint density at radius 3 is 2.24 bits per heavy atom. The molecule has 0 aliphatic carbocycles. The molecule has 10 heteroatoms. The van der Waals surface area contributed by atoms with Gasteiger partial charge in [-0.05, 0) is 42.3 Å². The average Bonchev–Trinajstić information content (AvgIpc) is 3.26. The topological polar surface area (TPSA) is 115 Å². The van der Waals surface area contributed by atoms with Crippen LogP contribution in [-0.2, 0) is 14.8 Å². The number of imidazole rings is 1. The molecule has 1 atom stereocenters. The van der Waals surface area contributed by atoms with E-state index in [0.29, 0.717) is 24.5 Å². The maximum Gasteiger partial charge on any atom is 0.251 e. The number of fused-ring (bicyclic) bond motifs is 1. The molecule has 34 heavy (non-hydrogen) atoms. The molecule has 180 valence electrons. The molecule has 0 radical (unpaired) electrons. The molecule has 1 aliphatic heterocycles. The SMILES string of the molecule is CC(=O)N1CCN(S(=O)(=O)c2ccc(C(=O)N[C@H](c3nc4ccccc4[nH]3)C(C)C)cc2)CC1. The smallest absolute Gasteiger partial charge is 0.251 e. The number of amides is 2. The fourth-order valence-electron chi connectivity index (χ4n) is 4.07. The van der Waals surface area contributed by atoms with E-state index in [1.807, 2.05) is 38.1 Å². The summed E-state index contributed by atoms with van der Waals surface area (Å²) in [6.07, 6.45) is 0. The second-order valence-electron chi connectivity index (χ2n) is 8.77. The molecule has 0 unspecified atom stereocenters. The van der Waals surface area contributed by atoms with Gasteiger partial charge in [0.25, 0.3) is 5.91 Å². The number of para-hydroxylation sites is 2. The fraction of sp³-hybridized carbons (Fsp3) is 0.375. The number of aromatic nitrogens is 2. The molecule has 4 rings (SSSR count). The summed E-state index contributed by atoms with van der Waals surface area (Å²) in [4.78, 5) is 34.1. The number of carbonyl (C=O) groups is 2. The third-order valence-electron chi connectivity index (χ3n) is 6.09. The number of rotatable bonds is 6. The van der Waals surface area contributed by atoms with Crippen molar-refractivity contribution in [3.05, 3.63) is 59.9 Å². The van der Waals surface area contributed by atoms with Crippen molar-refractivity contribution in [1.29, 1.82) is 0 Å². The Morgan fingerprint density at radius 1 is 1.00 bits per heavy atom. The molecule has 1 saturated heterocycles. The number of H-pyrrole nitrogens is 1. The highest BCUT2D eigenvalue weighted by atomic mass is 32.2. The number of piperazine rings is 1. The standard InChI is InChI=1S/C24H29N5O4S/c1-16(2)22(23-25-20-6-4-5-7-21(20)26-23)27-24(31)18-8-10-19(11-9-18)34(32,33)29-14-12-28(13-15-29)17(3)30/h4-11,16,22H,12-15H2,1-3H3,(H,25,26)(H,27,31)/t22-/m0/s1. The summed E-state index contributed by atoms with van der Waals surface area (Å²) in [5, 5.41) is 3.02. The number of nitrogens with one attached hydrogen (secondary N) is 2. The lowest BCUT2D eigenvalue weighted by molar-refractivity contribution is -0.129. The van der Waals surface area contributed by atoms with Crippen LogP contribution in [0.4, 0.5) is 0 Å². The maximum atomic E-state index is 13.0. The number of hydrogen-bond donors (Lipinski definition) is 2. The van der Waals surface area contributed by atoms with Crippen LogP contribution in [0.2, 0.25) is 0 Å². The molecule has 1 aromatic heterocycles. The normalized spacial score (nSPS) is 16.1. The van der Waals surface area contributed by atoms with Gasteiger partial charge in [-0.2, -0.15) is 4.31 Å². The van der Waals surface area contributed by atoms with Gasteiger partial charge in [0.1, 0.15) is 5.82 Å². The predicted molar refractivity (Wildman–Crippen MR) is 129 cm³/mol. The monoisotopic (exact) mass is 483 g/mol. The fourth-order valence-corrected chi connectivity index (χ4v) is 5.49. The number of benzene rings is 2. The first-order chi connectivity index (χ1) is 16.2. The highest BCUT2D eigenvalue weighted by molar-refractivity contribution is 7.89. The van der Waals surface area contributed by atoms with Crippen molar-refractivity contribution in [2.24, 2.45) is 5.92 Å². The van der Waals surface area contributed by atoms with E-state index in [9.17, 15) is 18.0 Å². The van der Waals surface area contributed by atoms with E-state index in [1.165, 1.54) is 35.5 Å². The third-order valence-corrected chi connectivity index (χ3v) is 8.01. The molecule has 2 amide bonds. The summed E-state index contributed by atoms with van der Waals surface area (Å²) < 4.78 is 27.4. The average molecular weight is 484 g/mol. The Balaban J connectivity index is 1.47. The Morgan fingerprint density at radius 2 is 1.65 bits per heavy atom. The molecular formula is C24H29N5O4S. The molecule has 0 spiro atoms. The van der Waals surface area contributed by atoms with Crippen LogP contribution in [0.15, 0.2) is 53.4 Å². The Bertz CT molecular complexity index is 1260. The van der Waals surface area contributed by atoms with Crippen molar-refractivity contribution in [3.63, 3.8) is 0 Å². The molecule has 0 saturated carbocycles. The molecule has 0 bridgehead atoms. The van der Waals surface area contributed by atoms with Gasteiger partial charge in [-0.1, -0.05) is 26.0 Å². The number of carbonyl (C=O) groups excluding carboxylic acids is 2. The van der Waals surface area contributed by atoms with Crippen LogP contribution in [0.3, 0.4) is 0 Å². The second kappa shape index (κ2) is 9.55. The summed E-state index contributed by atoms with van der Waals surface area (Å²) in [7, 11) is -3.70. The van der Waals surface area contributed by atoms with Gasteiger partial charge in [0, 0.05) is 38.7 Å². The summed E-state index contributed by atoms with van der Waals surface area (Å²) >= 11 is 0. The summed E-state index contributed by atoms with van der Waals surface area (Å²) in [6, 6.07) is 13.3. The van der Waals surface area contributed by atoms with Gasteiger partial charge in [0.2, 0.25) is 15.9 Å². The van der Waals surface area contributed by atoms with Crippen LogP contribution in [0, 0.1) is 5.92 Å². The van der Waals surface area contributed by atoms with Crippen LogP contribution in [0.25, 0.3) is 11.0 Å². The molecule has 9 nitrogen and oxygen atoms in total. The van der Waals surface area contributed by atoms with E-state index in [4.69, 9.17) is 0 Å². The second-order valence-corrected chi connectivity index (χ2v) is 10.7. The number of sulfonamides is 1. The predicted octanol–water partition coefficient (Wildman–Crippen LogP) is 2.54. The van der Waals surface area contributed by atoms with Gasteiger partial charge in [-0.3, -0.25) is 9.59 Å². The number of hydrogen-bond acceptors (Lipinski definition) is 5. The first-order valence-corrected chi connectivity index (χ1v) is 12.7. The number of nitrogens with zero attached hydrogens (tertiary/aromatic N) is 3. The minimum atomic E-state index is -3.70. The molecule has 2 aromatic carbocycles. The van der Waals surface area contributed by atoms with E-state index in [2.05, 4.69) is 15.3 Å². The highest BCUT2D eigenvalue weighted by Gasteiger charge is 2.29. The quantitative estimate of drug-likeness (QED) is 0.559. The van der Waals surface area contributed by atoms with Crippen LogP contribution >= 0.6 is 0 Å². The first kappa shape index (κ1) is 23.9. The minimum Gasteiger partial charge on any atom is -0.342 e. The Kier molecular flexibility index (Phi) is 6.72. The highest BCUT2D eigenvalue weighted by Crippen LogP contribution is 2.23. The van der Waals surface area contributed by atoms with E-state index in [0.717, 1.165) is 11.0 Å². The van der Waals surface area contributed by atoms with Crippen LogP contribution in [0.5, 0.6) is 0 Å². The molecule has 2 heterocycles. The van der Waals surface area contributed by atoms with Crippen LogP contribution < -0.4 is 5.32 Å². The van der Waals surface area contributed by atoms with Gasteiger partial charge >= 0.3 is 0 Å². The van der Waals surface area contributed by atoms with Crippen molar-refractivity contribution in [1.82, 2.24) is 24.5 Å². The Hall–Kier alpha value is -3.24. The molecule has 1 fully saturated rings. The lowest BCUT2D eigenvalue weighted by Gasteiger charge is -2.33. The van der Waals surface area contributed by atoms with E-state index in [1.54, 1.807) is 4.90 Å². The molecule has 2 N–H and O–H groups in total.